The van der Waals surface area contributed by atoms with Crippen LogP contribution >= 0.6 is 0 Å². The van der Waals surface area contributed by atoms with E-state index in [-0.39, 0.29) is 5.57 Å². The van der Waals surface area contributed by atoms with Gasteiger partial charge >= 0.3 is 0 Å². The van der Waals surface area contributed by atoms with Gasteiger partial charge in [-0.1, -0.05) is 66.7 Å². The summed E-state index contributed by atoms with van der Waals surface area (Å²) < 4.78 is 1.75. The predicted molar refractivity (Wildman–Crippen MR) is 122 cm³/mol. The SMILES string of the molecule is Cc1ccccc1NC(=O)C(C#N)=Cc1cn(-c2ccccc2)nc1-c1ccccc1. The van der Waals surface area contributed by atoms with Crippen LogP contribution < -0.4 is 5.32 Å². The molecule has 0 atom stereocenters. The van der Waals surface area contributed by atoms with Crippen LogP contribution in [-0.4, -0.2) is 15.7 Å². The van der Waals surface area contributed by atoms with Crippen LogP contribution in [0.3, 0.4) is 0 Å². The topological polar surface area (TPSA) is 70.7 Å². The normalized spacial score (nSPS) is 11.0. The Kier molecular flexibility index (Phi) is 5.72. The first kappa shape index (κ1) is 19.9. The first-order valence-electron chi connectivity index (χ1n) is 9.85. The highest BCUT2D eigenvalue weighted by atomic mass is 16.1. The molecule has 0 aliphatic heterocycles. The van der Waals surface area contributed by atoms with Gasteiger partial charge in [0, 0.05) is 23.0 Å². The minimum atomic E-state index is -0.455. The third kappa shape index (κ3) is 4.44. The fraction of sp³-hybridized carbons (Fsp3) is 0.0385. The van der Waals surface area contributed by atoms with Crippen molar-refractivity contribution < 1.29 is 4.79 Å². The molecule has 0 bridgehead atoms. The van der Waals surface area contributed by atoms with Gasteiger partial charge in [-0.05, 0) is 36.8 Å². The van der Waals surface area contributed by atoms with E-state index in [4.69, 9.17) is 5.10 Å². The van der Waals surface area contributed by atoms with Gasteiger partial charge in [-0.3, -0.25) is 4.79 Å². The van der Waals surface area contributed by atoms with Crippen molar-refractivity contribution in [2.75, 3.05) is 5.32 Å². The lowest BCUT2D eigenvalue weighted by Gasteiger charge is -2.07. The van der Waals surface area contributed by atoms with Crippen LogP contribution in [0.15, 0.2) is 96.7 Å². The van der Waals surface area contributed by atoms with Crippen molar-refractivity contribution >= 4 is 17.7 Å². The first-order valence-corrected chi connectivity index (χ1v) is 9.85. The first-order chi connectivity index (χ1) is 15.2. The fourth-order valence-corrected chi connectivity index (χ4v) is 3.23. The molecule has 0 aliphatic carbocycles. The van der Waals surface area contributed by atoms with E-state index >= 15 is 0 Å². The number of carbonyl (C=O) groups excluding carboxylic acids is 1. The molecule has 3 aromatic carbocycles. The van der Waals surface area contributed by atoms with Crippen molar-refractivity contribution in [3.63, 3.8) is 0 Å². The van der Waals surface area contributed by atoms with Gasteiger partial charge in [0.25, 0.3) is 5.91 Å². The summed E-state index contributed by atoms with van der Waals surface area (Å²) in [5.41, 5.74) is 4.79. The van der Waals surface area contributed by atoms with E-state index in [1.807, 2.05) is 104 Å². The van der Waals surface area contributed by atoms with E-state index in [1.54, 1.807) is 10.8 Å². The molecule has 150 valence electrons. The molecule has 0 aliphatic rings. The van der Waals surface area contributed by atoms with Crippen LogP contribution in [-0.2, 0) is 4.79 Å². The largest absolute Gasteiger partial charge is 0.321 e. The third-order valence-corrected chi connectivity index (χ3v) is 4.87. The summed E-state index contributed by atoms with van der Waals surface area (Å²) in [5, 5.41) is 17.2. The van der Waals surface area contributed by atoms with Crippen molar-refractivity contribution in [2.45, 2.75) is 6.92 Å². The number of aryl methyl sites for hydroxylation is 1. The number of amides is 1. The van der Waals surface area contributed by atoms with Gasteiger partial charge in [0.05, 0.1) is 11.4 Å². The van der Waals surface area contributed by atoms with Gasteiger partial charge in [-0.25, -0.2) is 4.68 Å². The number of aromatic nitrogens is 2. The van der Waals surface area contributed by atoms with Crippen LogP contribution in [0.1, 0.15) is 11.1 Å². The lowest BCUT2D eigenvalue weighted by molar-refractivity contribution is -0.112. The second kappa shape index (κ2) is 8.93. The highest BCUT2D eigenvalue weighted by molar-refractivity contribution is 6.10. The zero-order chi connectivity index (χ0) is 21.6. The smallest absolute Gasteiger partial charge is 0.266 e. The standard InChI is InChI=1S/C26H20N4O/c1-19-10-8-9-15-24(19)28-26(31)21(17-27)16-22-18-30(23-13-6-3-7-14-23)29-25(22)20-11-4-2-5-12-20/h2-16,18H,1H3,(H,28,31). The summed E-state index contributed by atoms with van der Waals surface area (Å²) in [6.07, 6.45) is 3.42. The Hall–Kier alpha value is -4.43. The molecule has 1 heterocycles. The Morgan fingerprint density at radius 1 is 0.968 bits per heavy atom. The molecule has 4 rings (SSSR count). The zero-order valence-electron chi connectivity index (χ0n) is 17.0. The molecule has 5 heteroatoms. The Labute approximate surface area is 180 Å². The maximum Gasteiger partial charge on any atom is 0.266 e. The molecular weight excluding hydrogens is 384 g/mol. The number of hydrogen-bond acceptors (Lipinski definition) is 3. The van der Waals surface area contributed by atoms with Crippen molar-refractivity contribution in [3.05, 3.63) is 108 Å². The van der Waals surface area contributed by atoms with Gasteiger partial charge in [0.2, 0.25) is 0 Å². The summed E-state index contributed by atoms with van der Waals surface area (Å²) in [5.74, 6) is -0.455. The Morgan fingerprint density at radius 2 is 1.61 bits per heavy atom. The summed E-state index contributed by atoms with van der Waals surface area (Å²) >= 11 is 0. The Morgan fingerprint density at radius 3 is 2.29 bits per heavy atom. The van der Waals surface area contributed by atoms with Crippen LogP contribution in [0.4, 0.5) is 5.69 Å². The Bertz CT molecular complexity index is 1280. The van der Waals surface area contributed by atoms with Crippen LogP contribution in [0.25, 0.3) is 23.0 Å². The summed E-state index contributed by atoms with van der Waals surface area (Å²) in [6.45, 7) is 1.91. The van der Waals surface area contributed by atoms with Crippen molar-refractivity contribution in [3.8, 4) is 23.0 Å². The highest BCUT2D eigenvalue weighted by Gasteiger charge is 2.15. The van der Waals surface area contributed by atoms with Crippen LogP contribution in [0.2, 0.25) is 0 Å². The summed E-state index contributed by atoms with van der Waals surface area (Å²) in [7, 11) is 0. The molecule has 4 aromatic rings. The number of carbonyl (C=O) groups is 1. The molecule has 1 aromatic heterocycles. The van der Waals surface area contributed by atoms with Crippen LogP contribution in [0.5, 0.6) is 0 Å². The van der Waals surface area contributed by atoms with E-state index in [2.05, 4.69) is 5.32 Å². The second-order valence-electron chi connectivity index (χ2n) is 7.02. The highest BCUT2D eigenvalue weighted by Crippen LogP contribution is 2.26. The van der Waals surface area contributed by atoms with E-state index in [0.717, 1.165) is 16.8 Å². The Balaban J connectivity index is 1.75. The molecule has 1 N–H and O–H groups in total. The molecule has 0 spiro atoms. The van der Waals surface area contributed by atoms with E-state index < -0.39 is 5.91 Å². The molecule has 0 unspecified atom stereocenters. The molecule has 0 saturated carbocycles. The number of benzene rings is 3. The number of nitrogens with one attached hydrogen (secondary N) is 1. The molecule has 1 amide bonds. The second-order valence-corrected chi connectivity index (χ2v) is 7.02. The number of anilines is 1. The van der Waals surface area contributed by atoms with E-state index in [0.29, 0.717) is 16.9 Å². The number of nitriles is 1. The van der Waals surface area contributed by atoms with Gasteiger partial charge in [0.15, 0.2) is 0 Å². The monoisotopic (exact) mass is 404 g/mol. The average molecular weight is 404 g/mol. The molecule has 0 saturated heterocycles. The number of para-hydroxylation sites is 2. The maximum atomic E-state index is 12.8. The fourth-order valence-electron chi connectivity index (χ4n) is 3.23. The van der Waals surface area contributed by atoms with Crippen LogP contribution in [0, 0.1) is 18.3 Å². The van der Waals surface area contributed by atoms with Gasteiger partial charge in [-0.15, -0.1) is 0 Å². The molecule has 0 fully saturated rings. The summed E-state index contributed by atoms with van der Waals surface area (Å²) in [6, 6.07) is 28.9. The predicted octanol–water partition coefficient (Wildman–Crippen LogP) is 5.39. The summed E-state index contributed by atoms with van der Waals surface area (Å²) in [4.78, 5) is 12.8. The molecule has 0 radical (unpaired) electrons. The van der Waals surface area contributed by atoms with Crippen molar-refractivity contribution in [2.24, 2.45) is 0 Å². The molecular formula is C26H20N4O. The number of nitrogens with zero attached hydrogens (tertiary/aromatic N) is 3. The van der Waals surface area contributed by atoms with Crippen molar-refractivity contribution in [1.29, 1.82) is 5.26 Å². The number of hydrogen-bond donors (Lipinski definition) is 1. The molecule has 31 heavy (non-hydrogen) atoms. The van der Waals surface area contributed by atoms with E-state index in [1.165, 1.54) is 0 Å². The minimum Gasteiger partial charge on any atom is -0.321 e. The van der Waals surface area contributed by atoms with Gasteiger partial charge in [0.1, 0.15) is 11.6 Å². The third-order valence-electron chi connectivity index (χ3n) is 4.87. The lowest BCUT2D eigenvalue weighted by atomic mass is 10.1. The van der Waals surface area contributed by atoms with Gasteiger partial charge in [-0.2, -0.15) is 10.4 Å². The molecule has 5 nitrogen and oxygen atoms in total. The lowest BCUT2D eigenvalue weighted by Crippen LogP contribution is -2.14. The zero-order valence-corrected chi connectivity index (χ0v) is 17.0. The van der Waals surface area contributed by atoms with E-state index in [9.17, 15) is 10.1 Å². The van der Waals surface area contributed by atoms with Crippen molar-refractivity contribution in [1.82, 2.24) is 9.78 Å². The quantitative estimate of drug-likeness (QED) is 0.358. The van der Waals surface area contributed by atoms with Gasteiger partial charge < -0.3 is 5.32 Å². The average Bonchev–Trinajstić information content (AvgIpc) is 3.24. The maximum absolute atomic E-state index is 12.8. The minimum absolute atomic E-state index is 0.00745. The number of rotatable bonds is 5.